The van der Waals surface area contributed by atoms with Gasteiger partial charge in [-0.3, -0.25) is 9.78 Å². The van der Waals surface area contributed by atoms with E-state index in [1.807, 2.05) is 0 Å². The Morgan fingerprint density at radius 3 is 2.50 bits per heavy atom. The molecule has 3 rings (SSSR count). The van der Waals surface area contributed by atoms with Crippen molar-refractivity contribution in [2.24, 2.45) is 7.05 Å². The Bertz CT molecular complexity index is 997. The van der Waals surface area contributed by atoms with E-state index in [1.165, 1.54) is 31.4 Å². The molecule has 1 aromatic carbocycles. The first kappa shape index (κ1) is 19.5. The van der Waals surface area contributed by atoms with Crippen LogP contribution in [0.2, 0.25) is 0 Å². The summed E-state index contributed by atoms with van der Waals surface area (Å²) >= 11 is 0. The lowest BCUT2D eigenvalue weighted by Crippen LogP contribution is -2.28. The van der Waals surface area contributed by atoms with Crippen LogP contribution in [0, 0.1) is 0 Å². The molecular weight excluding hydrogens is 375 g/mol. The molecule has 0 aliphatic heterocycles. The molecule has 0 bridgehead atoms. The lowest BCUT2D eigenvalue weighted by molar-refractivity contribution is -0.274. The van der Waals surface area contributed by atoms with Crippen molar-refractivity contribution in [3.05, 3.63) is 54.0 Å². The van der Waals surface area contributed by atoms with E-state index in [1.54, 1.807) is 36.9 Å². The van der Waals surface area contributed by atoms with E-state index in [0.29, 0.717) is 28.0 Å². The number of nitrogens with zero attached hydrogens (tertiary/aromatic N) is 2. The topological polar surface area (TPSA) is 65.4 Å². The van der Waals surface area contributed by atoms with Crippen molar-refractivity contribution in [3.63, 3.8) is 0 Å². The molecule has 1 N–H and O–H groups in total. The number of alkyl halides is 3. The van der Waals surface area contributed by atoms with Gasteiger partial charge in [-0.2, -0.15) is 0 Å². The molecule has 0 unspecified atom stereocenters. The summed E-state index contributed by atoms with van der Waals surface area (Å²) in [4.78, 5) is 16.9. The molecular formula is C19H18F3N3O3. The summed E-state index contributed by atoms with van der Waals surface area (Å²) < 4.78 is 47.8. The number of benzene rings is 1. The van der Waals surface area contributed by atoms with Crippen LogP contribution >= 0.6 is 0 Å². The first-order valence-corrected chi connectivity index (χ1v) is 8.34. The minimum absolute atomic E-state index is 0.305. The number of hydrogen-bond donors (Lipinski definition) is 1. The number of carbonyl (C=O) groups excluding carboxylic acids is 1. The zero-order valence-electron chi connectivity index (χ0n) is 15.4. The van der Waals surface area contributed by atoms with E-state index < -0.39 is 6.36 Å². The molecule has 0 aliphatic carbocycles. The summed E-state index contributed by atoms with van der Waals surface area (Å²) in [6.07, 6.45) is -3.22. The smallest absolute Gasteiger partial charge is 0.495 e. The summed E-state index contributed by atoms with van der Waals surface area (Å²) in [6, 6.07) is 8.55. The zero-order chi connectivity index (χ0) is 20.5. The van der Waals surface area contributed by atoms with Gasteiger partial charge in [0.15, 0.2) is 0 Å². The van der Waals surface area contributed by atoms with Crippen molar-refractivity contribution in [2.45, 2.75) is 19.3 Å². The number of fused-ring (bicyclic) bond motifs is 1. The number of aromatic nitrogens is 2. The third-order valence-electron chi connectivity index (χ3n) is 4.27. The molecule has 1 amide bonds. The minimum Gasteiger partial charge on any atom is -0.495 e. The molecule has 148 valence electrons. The normalized spacial score (nSPS) is 12.6. The van der Waals surface area contributed by atoms with Crippen molar-refractivity contribution in [1.29, 1.82) is 0 Å². The molecule has 0 saturated heterocycles. The van der Waals surface area contributed by atoms with E-state index in [4.69, 9.17) is 4.74 Å². The van der Waals surface area contributed by atoms with Gasteiger partial charge < -0.3 is 19.4 Å². The summed E-state index contributed by atoms with van der Waals surface area (Å²) in [7, 11) is 3.20. The molecule has 9 heteroatoms. The van der Waals surface area contributed by atoms with Gasteiger partial charge in [-0.05, 0) is 43.3 Å². The van der Waals surface area contributed by atoms with Crippen LogP contribution in [0.15, 0.2) is 42.6 Å². The second-order valence-corrected chi connectivity index (χ2v) is 6.18. The Morgan fingerprint density at radius 1 is 1.18 bits per heavy atom. The highest BCUT2D eigenvalue weighted by Gasteiger charge is 2.31. The predicted octanol–water partition coefficient (Wildman–Crippen LogP) is 3.97. The van der Waals surface area contributed by atoms with Gasteiger partial charge in [-0.25, -0.2) is 0 Å². The first-order chi connectivity index (χ1) is 13.2. The molecule has 0 spiro atoms. The highest BCUT2D eigenvalue weighted by atomic mass is 19.4. The predicted molar refractivity (Wildman–Crippen MR) is 96.3 cm³/mol. The zero-order valence-corrected chi connectivity index (χ0v) is 15.4. The maximum absolute atomic E-state index is 12.7. The summed E-state index contributed by atoms with van der Waals surface area (Å²) in [5.41, 5.74) is 1.56. The maximum atomic E-state index is 12.7. The van der Waals surface area contributed by atoms with Gasteiger partial charge in [0.1, 0.15) is 17.2 Å². The van der Waals surface area contributed by atoms with E-state index in [2.05, 4.69) is 15.0 Å². The monoisotopic (exact) mass is 393 g/mol. The lowest BCUT2D eigenvalue weighted by atomic mass is 10.2. The Morgan fingerprint density at radius 2 is 1.89 bits per heavy atom. The molecule has 6 nitrogen and oxygen atoms in total. The average molecular weight is 393 g/mol. The molecule has 28 heavy (non-hydrogen) atoms. The van der Waals surface area contributed by atoms with Gasteiger partial charge >= 0.3 is 6.36 Å². The highest BCUT2D eigenvalue weighted by Crippen LogP contribution is 2.28. The van der Waals surface area contributed by atoms with Gasteiger partial charge in [-0.15, -0.1) is 13.2 Å². The molecule has 0 fully saturated rings. The van der Waals surface area contributed by atoms with Crippen molar-refractivity contribution >= 4 is 16.8 Å². The number of methoxy groups -OCH3 is 1. The van der Waals surface area contributed by atoms with Gasteiger partial charge in [0.05, 0.1) is 25.0 Å². The van der Waals surface area contributed by atoms with Gasteiger partial charge in [0.25, 0.3) is 5.91 Å². The molecule has 2 aromatic heterocycles. The number of aryl methyl sites for hydroxylation is 1. The number of carbonyl (C=O) groups is 1. The van der Waals surface area contributed by atoms with Crippen molar-refractivity contribution in [3.8, 4) is 11.5 Å². The lowest BCUT2D eigenvalue weighted by Gasteiger charge is -2.14. The standard InChI is InChI=1S/C19H18F3N3O3/c1-11(15-6-4-14(27-3)10-23-15)24-18(26)17-9-12-8-13(28-19(20,21)22)5-7-16(12)25(17)2/h4-11H,1-3H3,(H,24,26)/t11-/m1/s1. The van der Waals surface area contributed by atoms with Gasteiger partial charge in [-0.1, -0.05) is 0 Å². The number of rotatable bonds is 5. The second kappa shape index (κ2) is 7.41. The SMILES string of the molecule is COc1ccc([C@@H](C)NC(=O)c2cc3cc(OC(F)(F)F)ccc3n2C)nc1. The van der Waals surface area contributed by atoms with Crippen LogP contribution < -0.4 is 14.8 Å². The molecule has 2 heterocycles. The number of halogens is 3. The Hall–Kier alpha value is -3.23. The summed E-state index contributed by atoms with van der Waals surface area (Å²) in [5, 5.41) is 3.29. The van der Waals surface area contributed by atoms with Crippen molar-refractivity contribution in [2.75, 3.05) is 7.11 Å². The van der Waals surface area contributed by atoms with E-state index in [9.17, 15) is 18.0 Å². The van der Waals surface area contributed by atoms with Crippen LogP contribution in [0.4, 0.5) is 13.2 Å². The largest absolute Gasteiger partial charge is 0.573 e. The first-order valence-electron chi connectivity index (χ1n) is 8.34. The summed E-state index contributed by atoms with van der Waals surface area (Å²) in [5.74, 6) is -0.108. The van der Waals surface area contributed by atoms with E-state index in [0.717, 1.165) is 0 Å². The molecule has 0 saturated carbocycles. The van der Waals surface area contributed by atoms with Crippen molar-refractivity contribution < 1.29 is 27.4 Å². The van der Waals surface area contributed by atoms with Crippen LogP contribution in [0.3, 0.4) is 0 Å². The third-order valence-corrected chi connectivity index (χ3v) is 4.27. The number of pyridine rings is 1. The van der Waals surface area contributed by atoms with Crippen LogP contribution in [0.5, 0.6) is 11.5 Å². The van der Waals surface area contributed by atoms with E-state index >= 15 is 0 Å². The maximum Gasteiger partial charge on any atom is 0.573 e. The van der Waals surface area contributed by atoms with E-state index in [-0.39, 0.29) is 17.7 Å². The fourth-order valence-electron chi connectivity index (χ4n) is 2.86. The van der Waals surface area contributed by atoms with Crippen LogP contribution in [0.25, 0.3) is 10.9 Å². The molecule has 0 aliphatic rings. The minimum atomic E-state index is -4.77. The van der Waals surface area contributed by atoms with Gasteiger partial charge in [0, 0.05) is 18.0 Å². The average Bonchev–Trinajstić information content (AvgIpc) is 2.96. The fourth-order valence-corrected chi connectivity index (χ4v) is 2.86. The molecule has 0 radical (unpaired) electrons. The number of nitrogens with one attached hydrogen (secondary N) is 1. The fraction of sp³-hybridized carbons (Fsp3) is 0.263. The molecule has 3 aromatic rings. The van der Waals surface area contributed by atoms with Crippen LogP contribution in [-0.2, 0) is 7.05 Å². The third kappa shape index (κ3) is 4.19. The second-order valence-electron chi connectivity index (χ2n) is 6.18. The Balaban J connectivity index is 1.81. The molecule has 1 atom stereocenters. The Kier molecular flexibility index (Phi) is 5.17. The number of hydrogen-bond acceptors (Lipinski definition) is 4. The van der Waals surface area contributed by atoms with Crippen LogP contribution in [-0.4, -0.2) is 28.9 Å². The number of ether oxygens (including phenoxy) is 2. The Labute approximate surface area is 158 Å². The van der Waals surface area contributed by atoms with Gasteiger partial charge in [0.2, 0.25) is 0 Å². The number of amides is 1. The highest BCUT2D eigenvalue weighted by molar-refractivity contribution is 5.99. The van der Waals surface area contributed by atoms with Crippen LogP contribution in [0.1, 0.15) is 29.1 Å². The van der Waals surface area contributed by atoms with Crippen molar-refractivity contribution in [1.82, 2.24) is 14.9 Å². The summed E-state index contributed by atoms with van der Waals surface area (Å²) in [6.45, 7) is 1.78. The quantitative estimate of drug-likeness (QED) is 0.712.